The van der Waals surface area contributed by atoms with Crippen LogP contribution in [0, 0.1) is 0 Å². The lowest BCUT2D eigenvalue weighted by Crippen LogP contribution is -2.71. The number of nitrogens with one attached hydrogen (secondary N) is 1. The van der Waals surface area contributed by atoms with Crippen LogP contribution in [-0.4, -0.2) is 88.2 Å². The number of amides is 3. The number of carbonyl (C=O) groups excluding carboxylic acids is 4. The summed E-state index contributed by atoms with van der Waals surface area (Å²) in [5, 5.41) is 13.2. The van der Waals surface area contributed by atoms with Crippen LogP contribution in [-0.2, 0) is 24.0 Å². The van der Waals surface area contributed by atoms with Gasteiger partial charge in [0.15, 0.2) is 5.78 Å². The summed E-state index contributed by atoms with van der Waals surface area (Å²) in [7, 11) is 0. The number of ketones is 1. The van der Waals surface area contributed by atoms with Gasteiger partial charge < -0.3 is 33.4 Å². The first kappa shape index (κ1) is 29.0. The largest absolute Gasteiger partial charge is 0.479 e. The molecule has 1 aliphatic heterocycles. The maximum Gasteiger partial charge on any atom is 0.338 e. The average Bonchev–Trinajstić information content (AvgIpc) is 3.29. The Morgan fingerprint density at radius 1 is 1.18 bits per heavy atom. The number of hydrogen-bond donors (Lipinski definition) is 6. The van der Waals surface area contributed by atoms with Crippen molar-refractivity contribution in [2.75, 3.05) is 25.1 Å². The number of primary amides is 1. The predicted octanol–water partition coefficient (Wildman–Crippen LogP) is -2.10. The van der Waals surface area contributed by atoms with E-state index >= 15 is 0 Å². The van der Waals surface area contributed by atoms with Gasteiger partial charge in [0.2, 0.25) is 23.3 Å². The van der Waals surface area contributed by atoms with Crippen molar-refractivity contribution in [3.05, 3.63) is 0 Å². The van der Waals surface area contributed by atoms with Crippen molar-refractivity contribution in [1.29, 1.82) is 0 Å². The highest BCUT2D eigenvalue weighted by molar-refractivity contribution is 7.98. The first-order chi connectivity index (χ1) is 15.5. The number of aliphatic carboxylic acids is 1. The van der Waals surface area contributed by atoms with E-state index in [4.69, 9.17) is 22.9 Å². The van der Waals surface area contributed by atoms with E-state index in [1.54, 1.807) is 6.26 Å². The van der Waals surface area contributed by atoms with Crippen molar-refractivity contribution in [3.8, 4) is 0 Å². The van der Waals surface area contributed by atoms with E-state index in [0.717, 1.165) is 0 Å². The third kappa shape index (κ3) is 7.21. The number of imide groups is 1. The van der Waals surface area contributed by atoms with Gasteiger partial charge in [0, 0.05) is 0 Å². The first-order valence-corrected chi connectivity index (χ1v) is 12.3. The number of Topliss-reactive ketones (excluding diaryl/α,β-unsaturated/α-hetero) is 1. The summed E-state index contributed by atoms with van der Waals surface area (Å²) >= 11 is 1.25. The molecule has 13 heteroatoms. The van der Waals surface area contributed by atoms with Crippen molar-refractivity contribution in [1.82, 2.24) is 10.2 Å². The Balaban J connectivity index is 3.59. The van der Waals surface area contributed by atoms with E-state index < -0.39 is 59.6 Å². The molecule has 0 aromatic carbocycles. The fourth-order valence-corrected chi connectivity index (χ4v) is 4.35. The zero-order valence-corrected chi connectivity index (χ0v) is 19.8. The third-order valence-corrected chi connectivity index (χ3v) is 6.27. The Hall–Kier alpha value is -2.06. The first-order valence-electron chi connectivity index (χ1n) is 10.9. The zero-order chi connectivity index (χ0) is 25.2. The molecule has 188 valence electrons. The molecule has 3 amide bonds. The Morgan fingerprint density at radius 3 is 2.33 bits per heavy atom. The van der Waals surface area contributed by atoms with Crippen LogP contribution >= 0.6 is 11.8 Å². The fourth-order valence-electron chi connectivity index (χ4n) is 3.86. The fraction of sp³-hybridized carbons (Fsp3) is 0.750. The predicted molar refractivity (Wildman–Crippen MR) is 124 cm³/mol. The summed E-state index contributed by atoms with van der Waals surface area (Å²) in [6.45, 7) is 0.860. The number of unbranched alkanes of at least 4 members (excludes halogenated alkanes) is 1. The molecule has 33 heavy (non-hydrogen) atoms. The summed E-state index contributed by atoms with van der Waals surface area (Å²) in [5.41, 5.74) is 20.0. The van der Waals surface area contributed by atoms with Crippen LogP contribution in [0.4, 0.5) is 0 Å². The maximum absolute atomic E-state index is 13.6. The van der Waals surface area contributed by atoms with Crippen LogP contribution in [0.1, 0.15) is 44.9 Å². The van der Waals surface area contributed by atoms with Crippen LogP contribution in [0.15, 0.2) is 0 Å². The highest BCUT2D eigenvalue weighted by atomic mass is 32.2. The van der Waals surface area contributed by atoms with Crippen molar-refractivity contribution in [2.24, 2.45) is 22.9 Å². The summed E-state index contributed by atoms with van der Waals surface area (Å²) in [6.07, 6.45) is 2.87. The molecular formula is C20H36N6O6S. The molecule has 0 spiro atoms. The molecule has 1 fully saturated rings. The molecule has 0 aliphatic carbocycles. The minimum atomic E-state index is -2.57. The van der Waals surface area contributed by atoms with Gasteiger partial charge in [-0.2, -0.15) is 11.8 Å². The van der Waals surface area contributed by atoms with E-state index in [1.807, 2.05) is 0 Å². The Morgan fingerprint density at radius 2 is 1.85 bits per heavy atom. The summed E-state index contributed by atoms with van der Waals surface area (Å²) < 4.78 is 0. The lowest BCUT2D eigenvalue weighted by atomic mass is 9.82. The quantitative estimate of drug-likeness (QED) is 0.108. The van der Waals surface area contributed by atoms with Crippen LogP contribution in [0.5, 0.6) is 0 Å². The Kier molecular flexibility index (Phi) is 11.9. The third-order valence-electron chi connectivity index (χ3n) is 5.65. The van der Waals surface area contributed by atoms with E-state index in [0.29, 0.717) is 43.7 Å². The molecule has 12 nitrogen and oxygen atoms in total. The molecule has 4 atom stereocenters. The van der Waals surface area contributed by atoms with Gasteiger partial charge >= 0.3 is 5.97 Å². The molecule has 1 saturated heterocycles. The smallest absolute Gasteiger partial charge is 0.338 e. The van der Waals surface area contributed by atoms with Crippen molar-refractivity contribution >= 4 is 41.2 Å². The van der Waals surface area contributed by atoms with Crippen molar-refractivity contribution in [3.63, 3.8) is 0 Å². The van der Waals surface area contributed by atoms with Crippen molar-refractivity contribution in [2.45, 2.75) is 68.6 Å². The van der Waals surface area contributed by atoms with E-state index in [-0.39, 0.29) is 18.6 Å². The average molecular weight is 489 g/mol. The summed E-state index contributed by atoms with van der Waals surface area (Å²) in [4.78, 5) is 64.9. The van der Waals surface area contributed by atoms with Gasteiger partial charge in [-0.1, -0.05) is 6.42 Å². The summed E-state index contributed by atoms with van der Waals surface area (Å²) in [5.74, 6) is -5.44. The van der Waals surface area contributed by atoms with Gasteiger partial charge in [0.25, 0.3) is 0 Å². The topological polar surface area (TPSA) is 225 Å². The maximum atomic E-state index is 13.6. The normalized spacial score (nSPS) is 19.3. The summed E-state index contributed by atoms with van der Waals surface area (Å²) in [6, 6.07) is -3.72. The van der Waals surface area contributed by atoms with Gasteiger partial charge in [-0.25, -0.2) is 4.79 Å². The van der Waals surface area contributed by atoms with E-state index in [9.17, 15) is 29.1 Å². The number of rotatable bonds is 15. The monoisotopic (exact) mass is 488 g/mol. The van der Waals surface area contributed by atoms with Gasteiger partial charge in [-0.15, -0.1) is 0 Å². The highest BCUT2D eigenvalue weighted by Gasteiger charge is 2.58. The number of thioether (sulfide) groups is 1. The second-order valence-corrected chi connectivity index (χ2v) is 9.09. The van der Waals surface area contributed by atoms with Gasteiger partial charge in [0.05, 0.1) is 24.5 Å². The molecule has 1 heterocycles. The molecule has 1 aliphatic rings. The number of carboxylic acids is 1. The van der Waals surface area contributed by atoms with Crippen LogP contribution in [0.3, 0.4) is 0 Å². The molecule has 4 unspecified atom stereocenters. The number of carbonyl (C=O) groups is 5. The standard InChI is InChI=1S/C20H36N6O6S/c1-33-10-7-20(19(31)32,16(28)12(22)5-2-3-8-21)26(17(29)13(23)11-15(24)27)18(30)14-6-4-9-25-14/h12-14,25H,2-11,21-23H2,1H3,(H2,24,27)(H,31,32). The molecule has 0 saturated carbocycles. The molecular weight excluding hydrogens is 452 g/mol. The van der Waals surface area contributed by atoms with Crippen molar-refractivity contribution < 1.29 is 29.1 Å². The molecule has 0 radical (unpaired) electrons. The van der Waals surface area contributed by atoms with Gasteiger partial charge in [0.1, 0.15) is 0 Å². The lowest BCUT2D eigenvalue weighted by molar-refractivity contribution is -0.172. The lowest BCUT2D eigenvalue weighted by Gasteiger charge is -2.41. The SMILES string of the molecule is CSCCC(C(=O)O)(C(=O)C(N)CCCCN)N(C(=O)C(N)CC(N)=O)C(=O)C1CCCN1. The van der Waals surface area contributed by atoms with E-state index in [2.05, 4.69) is 5.32 Å². The number of hydrogen-bond acceptors (Lipinski definition) is 10. The molecule has 10 N–H and O–H groups in total. The molecule has 1 rings (SSSR count). The minimum absolute atomic E-state index is 0.134. The van der Waals surface area contributed by atoms with Crippen LogP contribution < -0.4 is 28.3 Å². The van der Waals surface area contributed by atoms with E-state index in [1.165, 1.54) is 11.8 Å². The molecule has 0 aromatic rings. The van der Waals surface area contributed by atoms with Gasteiger partial charge in [-0.3, -0.25) is 24.1 Å². The highest BCUT2D eigenvalue weighted by Crippen LogP contribution is 2.29. The Bertz CT molecular complexity index is 732. The number of nitrogens with two attached hydrogens (primary N) is 4. The molecule has 0 aromatic heterocycles. The Labute approximate surface area is 197 Å². The van der Waals surface area contributed by atoms with Crippen LogP contribution in [0.2, 0.25) is 0 Å². The second kappa shape index (κ2) is 13.6. The number of carboxylic acid groups (broad SMARTS) is 1. The second-order valence-electron chi connectivity index (χ2n) is 8.10. The minimum Gasteiger partial charge on any atom is -0.479 e. The van der Waals surface area contributed by atoms with Crippen LogP contribution in [0.25, 0.3) is 0 Å². The molecule has 0 bridgehead atoms. The number of nitrogens with zero attached hydrogens (tertiary/aromatic N) is 1. The zero-order valence-electron chi connectivity index (χ0n) is 19.0. The van der Waals surface area contributed by atoms with Gasteiger partial charge in [-0.05, 0) is 57.2 Å².